The molecular formula is C21H29N3O2S. The molecule has 2 rings (SSSR count). The molecule has 0 saturated heterocycles. The van der Waals surface area contributed by atoms with Gasteiger partial charge in [-0.05, 0) is 37.5 Å². The lowest BCUT2D eigenvalue weighted by Crippen LogP contribution is -2.44. The number of carbonyl (C=O) groups is 1. The normalized spacial score (nSPS) is 14.3. The van der Waals surface area contributed by atoms with Gasteiger partial charge in [0, 0.05) is 11.8 Å². The van der Waals surface area contributed by atoms with E-state index in [4.69, 9.17) is 9.72 Å². The van der Waals surface area contributed by atoms with Gasteiger partial charge in [0.15, 0.2) is 5.16 Å². The van der Waals surface area contributed by atoms with Crippen molar-refractivity contribution >= 4 is 17.9 Å². The van der Waals surface area contributed by atoms with Gasteiger partial charge in [-0.2, -0.15) is 0 Å². The van der Waals surface area contributed by atoms with E-state index in [9.17, 15) is 4.79 Å². The Bertz CT molecular complexity index is 754. The highest BCUT2D eigenvalue weighted by atomic mass is 32.2. The van der Waals surface area contributed by atoms with Crippen molar-refractivity contribution in [1.29, 1.82) is 0 Å². The molecule has 2 atom stereocenters. The second-order valence-electron chi connectivity index (χ2n) is 6.84. The van der Waals surface area contributed by atoms with E-state index in [0.717, 1.165) is 28.4 Å². The number of carbonyl (C=O) groups excluding carboxylic acids is 1. The monoisotopic (exact) mass is 387 g/mol. The molecule has 1 aromatic heterocycles. The SMILES string of the molecule is CCC(C)c1nc(SC)ncc1C(C)(CC)NC(=O)OCc1ccccc1. The third-order valence-corrected chi connectivity index (χ3v) is 5.51. The summed E-state index contributed by atoms with van der Waals surface area (Å²) < 4.78 is 5.42. The number of amides is 1. The fourth-order valence-electron chi connectivity index (χ4n) is 2.80. The molecule has 27 heavy (non-hydrogen) atoms. The van der Waals surface area contributed by atoms with Crippen molar-refractivity contribution < 1.29 is 9.53 Å². The molecule has 2 unspecified atom stereocenters. The Morgan fingerprint density at radius 1 is 1.30 bits per heavy atom. The van der Waals surface area contributed by atoms with E-state index in [2.05, 4.69) is 24.1 Å². The molecule has 1 heterocycles. The summed E-state index contributed by atoms with van der Waals surface area (Å²) in [5.41, 5.74) is 2.31. The number of hydrogen-bond donors (Lipinski definition) is 1. The van der Waals surface area contributed by atoms with Gasteiger partial charge in [0.1, 0.15) is 6.61 Å². The number of rotatable bonds is 8. The molecule has 146 valence electrons. The molecule has 0 saturated carbocycles. The Hall–Kier alpha value is -2.08. The lowest BCUT2D eigenvalue weighted by molar-refractivity contribution is 0.126. The predicted octanol–water partition coefficient (Wildman–Crippen LogP) is 5.26. The van der Waals surface area contributed by atoms with Crippen molar-refractivity contribution in [3.63, 3.8) is 0 Å². The average Bonchev–Trinajstić information content (AvgIpc) is 2.71. The molecule has 0 aliphatic carbocycles. The highest BCUT2D eigenvalue weighted by Crippen LogP contribution is 2.32. The summed E-state index contributed by atoms with van der Waals surface area (Å²) in [5, 5.41) is 3.79. The maximum absolute atomic E-state index is 12.5. The largest absolute Gasteiger partial charge is 0.445 e. The van der Waals surface area contributed by atoms with Gasteiger partial charge in [0.05, 0.1) is 11.2 Å². The van der Waals surface area contributed by atoms with Gasteiger partial charge in [-0.15, -0.1) is 0 Å². The van der Waals surface area contributed by atoms with E-state index in [0.29, 0.717) is 6.42 Å². The maximum Gasteiger partial charge on any atom is 0.408 e. The fraction of sp³-hybridized carbons (Fsp3) is 0.476. The zero-order chi connectivity index (χ0) is 19.9. The Kier molecular flexibility index (Phi) is 7.66. The topological polar surface area (TPSA) is 64.1 Å². The van der Waals surface area contributed by atoms with E-state index in [1.807, 2.05) is 56.6 Å². The summed E-state index contributed by atoms with van der Waals surface area (Å²) in [5.74, 6) is 0.280. The van der Waals surface area contributed by atoms with Crippen LogP contribution in [-0.2, 0) is 16.9 Å². The van der Waals surface area contributed by atoms with Crippen LogP contribution >= 0.6 is 11.8 Å². The Morgan fingerprint density at radius 3 is 2.59 bits per heavy atom. The first-order valence-electron chi connectivity index (χ1n) is 9.33. The van der Waals surface area contributed by atoms with Crippen LogP contribution in [0.3, 0.4) is 0 Å². The zero-order valence-corrected chi connectivity index (χ0v) is 17.6. The first kappa shape index (κ1) is 21.2. The van der Waals surface area contributed by atoms with E-state index in [1.54, 1.807) is 0 Å². The third-order valence-electron chi connectivity index (χ3n) is 4.95. The summed E-state index contributed by atoms with van der Waals surface area (Å²) in [6, 6.07) is 9.66. The molecule has 0 bridgehead atoms. The molecular weight excluding hydrogens is 358 g/mol. The van der Waals surface area contributed by atoms with Gasteiger partial charge in [0.2, 0.25) is 0 Å². The molecule has 2 aromatic rings. The Balaban J connectivity index is 2.21. The molecule has 0 radical (unpaired) electrons. The second-order valence-corrected chi connectivity index (χ2v) is 7.61. The summed E-state index contributed by atoms with van der Waals surface area (Å²) in [6.07, 6.45) is 5.05. The van der Waals surface area contributed by atoms with E-state index in [1.165, 1.54) is 11.8 Å². The number of ether oxygens (including phenoxy) is 1. The quantitative estimate of drug-likeness (QED) is 0.494. The molecule has 5 nitrogen and oxygen atoms in total. The summed E-state index contributed by atoms with van der Waals surface area (Å²) >= 11 is 1.52. The summed E-state index contributed by atoms with van der Waals surface area (Å²) in [7, 11) is 0. The molecule has 0 spiro atoms. The summed E-state index contributed by atoms with van der Waals surface area (Å²) in [6.45, 7) is 8.58. The molecule has 1 amide bonds. The lowest BCUT2D eigenvalue weighted by atomic mass is 9.85. The van der Waals surface area contributed by atoms with E-state index >= 15 is 0 Å². The van der Waals surface area contributed by atoms with E-state index in [-0.39, 0.29) is 12.5 Å². The van der Waals surface area contributed by atoms with Crippen molar-refractivity contribution in [2.24, 2.45) is 0 Å². The van der Waals surface area contributed by atoms with Gasteiger partial charge in [-0.1, -0.05) is 62.9 Å². The average molecular weight is 388 g/mol. The highest BCUT2D eigenvalue weighted by molar-refractivity contribution is 7.98. The van der Waals surface area contributed by atoms with Gasteiger partial charge >= 0.3 is 6.09 Å². The highest BCUT2D eigenvalue weighted by Gasteiger charge is 2.32. The molecule has 1 N–H and O–H groups in total. The minimum Gasteiger partial charge on any atom is -0.445 e. The third kappa shape index (κ3) is 5.45. The van der Waals surface area contributed by atoms with Crippen molar-refractivity contribution in [2.45, 2.75) is 63.8 Å². The van der Waals surface area contributed by atoms with Crippen molar-refractivity contribution in [3.05, 3.63) is 53.3 Å². The lowest BCUT2D eigenvalue weighted by Gasteiger charge is -2.32. The van der Waals surface area contributed by atoms with Crippen LogP contribution in [-0.4, -0.2) is 22.3 Å². The molecule has 0 aliphatic rings. The van der Waals surface area contributed by atoms with Crippen LogP contribution in [0, 0.1) is 0 Å². The standard InChI is InChI=1S/C21H29N3O2S/c1-6-15(3)18-17(13-22-19(23-18)27-5)21(4,7-2)24-20(25)26-14-16-11-9-8-10-12-16/h8-13,15H,6-7,14H2,1-5H3,(H,24,25). The van der Waals surface area contributed by atoms with Crippen LogP contribution in [0.5, 0.6) is 0 Å². The number of aromatic nitrogens is 2. The number of benzene rings is 1. The second kappa shape index (κ2) is 9.74. The van der Waals surface area contributed by atoms with Crippen LogP contribution in [0.25, 0.3) is 0 Å². The van der Waals surface area contributed by atoms with E-state index < -0.39 is 11.6 Å². The van der Waals surface area contributed by atoms with Crippen LogP contribution < -0.4 is 5.32 Å². The van der Waals surface area contributed by atoms with Gasteiger partial charge in [-0.25, -0.2) is 14.8 Å². The maximum atomic E-state index is 12.5. The number of alkyl carbamates (subject to hydrolysis) is 1. The van der Waals surface area contributed by atoms with Crippen molar-refractivity contribution in [1.82, 2.24) is 15.3 Å². The van der Waals surface area contributed by atoms with Crippen LogP contribution in [0.4, 0.5) is 4.79 Å². The van der Waals surface area contributed by atoms with Crippen LogP contribution in [0.1, 0.15) is 63.3 Å². The van der Waals surface area contributed by atoms with Crippen molar-refractivity contribution in [3.8, 4) is 0 Å². The minimum absolute atomic E-state index is 0.243. The number of thioether (sulfide) groups is 1. The van der Waals surface area contributed by atoms with Crippen LogP contribution in [0.2, 0.25) is 0 Å². The van der Waals surface area contributed by atoms with Crippen molar-refractivity contribution in [2.75, 3.05) is 6.26 Å². The van der Waals surface area contributed by atoms with Gasteiger partial charge in [-0.3, -0.25) is 0 Å². The smallest absolute Gasteiger partial charge is 0.408 e. The molecule has 0 fully saturated rings. The van der Waals surface area contributed by atoms with Gasteiger partial charge in [0.25, 0.3) is 0 Å². The number of nitrogens with zero attached hydrogens (tertiary/aromatic N) is 2. The fourth-order valence-corrected chi connectivity index (χ4v) is 3.15. The Labute approximate surface area is 166 Å². The first-order chi connectivity index (χ1) is 12.9. The predicted molar refractivity (Wildman–Crippen MR) is 110 cm³/mol. The molecule has 1 aromatic carbocycles. The Morgan fingerprint density at radius 2 is 2.00 bits per heavy atom. The van der Waals surface area contributed by atoms with Crippen LogP contribution in [0.15, 0.2) is 41.7 Å². The minimum atomic E-state index is -0.594. The number of hydrogen-bond acceptors (Lipinski definition) is 5. The molecule has 0 aliphatic heterocycles. The first-order valence-corrected chi connectivity index (χ1v) is 10.6. The van der Waals surface area contributed by atoms with Gasteiger partial charge < -0.3 is 10.1 Å². The molecule has 6 heteroatoms. The number of nitrogens with one attached hydrogen (secondary N) is 1. The zero-order valence-electron chi connectivity index (χ0n) is 16.8. The summed E-state index contributed by atoms with van der Waals surface area (Å²) in [4.78, 5) is 21.6.